The van der Waals surface area contributed by atoms with Gasteiger partial charge in [0.25, 0.3) is 0 Å². The van der Waals surface area contributed by atoms with E-state index in [1.54, 1.807) is 0 Å². The molecule has 0 aromatic rings. The largest absolute Gasteiger partial charge is 0.494 e. The summed E-state index contributed by atoms with van der Waals surface area (Å²) in [5.74, 6) is 1.21. The lowest BCUT2D eigenvalue weighted by Crippen LogP contribution is -2.46. The van der Waals surface area contributed by atoms with Gasteiger partial charge in [-0.2, -0.15) is 0 Å². The summed E-state index contributed by atoms with van der Waals surface area (Å²) in [6.07, 6.45) is 9.30. The molecule has 0 aromatic carbocycles. The maximum atomic E-state index is 6.11. The van der Waals surface area contributed by atoms with E-state index < -0.39 is 8.07 Å². The van der Waals surface area contributed by atoms with Crippen LogP contribution in [-0.2, 0) is 14.2 Å². The van der Waals surface area contributed by atoms with E-state index in [2.05, 4.69) is 57.7 Å². The molecule has 0 bridgehead atoms. The number of rotatable bonds is 6. The van der Waals surface area contributed by atoms with Crippen molar-refractivity contribution in [1.29, 1.82) is 0 Å². The Hall–Kier alpha value is -0.623. The fourth-order valence-corrected chi connectivity index (χ4v) is 6.18. The molecule has 2 fully saturated rings. The number of nitrogens with zero attached hydrogens (tertiary/aromatic N) is 1. The highest BCUT2D eigenvalue weighted by molar-refractivity contribution is 6.84. The molecule has 0 radical (unpaired) electrons. The van der Waals surface area contributed by atoms with E-state index >= 15 is 0 Å². The molecule has 1 saturated heterocycles. The molecule has 2 unspecified atom stereocenters. The first-order chi connectivity index (χ1) is 11.7. The Morgan fingerprint density at radius 1 is 1.20 bits per heavy atom. The van der Waals surface area contributed by atoms with Crippen molar-refractivity contribution >= 4 is 8.07 Å². The Morgan fingerprint density at radius 2 is 1.88 bits per heavy atom. The van der Waals surface area contributed by atoms with Crippen LogP contribution in [0.25, 0.3) is 0 Å². The van der Waals surface area contributed by atoms with E-state index in [4.69, 9.17) is 14.2 Å². The van der Waals surface area contributed by atoms with E-state index in [0.717, 1.165) is 38.4 Å². The van der Waals surface area contributed by atoms with Gasteiger partial charge in [-0.3, -0.25) is 4.90 Å². The summed E-state index contributed by atoms with van der Waals surface area (Å²) < 4.78 is 18.3. The van der Waals surface area contributed by atoms with Gasteiger partial charge < -0.3 is 14.2 Å². The zero-order valence-electron chi connectivity index (χ0n) is 16.9. The quantitative estimate of drug-likeness (QED) is 0.667. The summed E-state index contributed by atoms with van der Waals surface area (Å²) in [5, 5.41) is 1.45. The van der Waals surface area contributed by atoms with E-state index in [9.17, 15) is 0 Å². The zero-order chi connectivity index (χ0) is 18.3. The average Bonchev–Trinajstić information content (AvgIpc) is 3.22. The van der Waals surface area contributed by atoms with Gasteiger partial charge in [-0.25, -0.2) is 0 Å². The fraction of sp³-hybridized carbons (Fsp3) is 0.800. The minimum Gasteiger partial charge on any atom is -0.494 e. The maximum absolute atomic E-state index is 6.11. The van der Waals surface area contributed by atoms with Gasteiger partial charge in [0, 0.05) is 12.3 Å². The smallest absolute Gasteiger partial charge is 0.171 e. The monoisotopic (exact) mass is 365 g/mol. The molecule has 1 saturated carbocycles. The van der Waals surface area contributed by atoms with Crippen LogP contribution in [-0.4, -0.2) is 58.2 Å². The molecule has 5 heteroatoms. The third kappa shape index (κ3) is 3.48. The first-order valence-electron chi connectivity index (χ1n) is 9.77. The van der Waals surface area contributed by atoms with Crippen LogP contribution in [0.15, 0.2) is 23.1 Å². The third-order valence-corrected chi connectivity index (χ3v) is 8.04. The Kier molecular flexibility index (Phi) is 5.24. The number of allylic oxidation sites excluding steroid dienone is 1. The van der Waals surface area contributed by atoms with Crippen molar-refractivity contribution in [3.63, 3.8) is 0 Å². The highest BCUT2D eigenvalue weighted by Gasteiger charge is 2.52. The van der Waals surface area contributed by atoms with Crippen molar-refractivity contribution in [3.05, 3.63) is 23.1 Å². The number of hydrogen-bond acceptors (Lipinski definition) is 4. The third-order valence-electron chi connectivity index (χ3n) is 6.03. The molecule has 0 N–H and O–H groups in total. The number of hydrogen-bond donors (Lipinski definition) is 0. The highest BCUT2D eigenvalue weighted by Crippen LogP contribution is 2.49. The molecular weight excluding hydrogens is 330 g/mol. The van der Waals surface area contributed by atoms with Crippen molar-refractivity contribution in [2.24, 2.45) is 5.92 Å². The molecule has 4 nitrogen and oxygen atoms in total. The SMILES string of the molecule is CCOC1=CC(CC2CCCC23OCCO3)(N(C)C)C=C1[Si](C)(C)C. The highest BCUT2D eigenvalue weighted by atomic mass is 28.3. The molecule has 3 aliphatic rings. The fourth-order valence-electron chi connectivity index (χ4n) is 4.61. The van der Waals surface area contributed by atoms with Gasteiger partial charge in [-0.15, -0.1) is 0 Å². The summed E-state index contributed by atoms with van der Waals surface area (Å²) in [5.41, 5.74) is -0.0998. The minimum absolute atomic E-state index is 0.0998. The molecule has 3 rings (SSSR count). The van der Waals surface area contributed by atoms with Crippen LogP contribution in [0.2, 0.25) is 19.6 Å². The molecule has 2 atom stereocenters. The van der Waals surface area contributed by atoms with Crippen LogP contribution in [0.1, 0.15) is 32.6 Å². The molecule has 1 spiro atoms. The van der Waals surface area contributed by atoms with E-state index in [1.807, 2.05) is 0 Å². The van der Waals surface area contributed by atoms with Crippen LogP contribution < -0.4 is 0 Å². The standard InChI is InChI=1S/C20H35NO3Si/c1-7-22-17-14-19(21(2)3,15-18(17)25(4,5)6)13-16-9-8-10-20(16)23-11-12-24-20/h14-16H,7-13H2,1-6H3. The molecule has 142 valence electrons. The molecule has 2 aliphatic carbocycles. The summed E-state index contributed by atoms with van der Waals surface area (Å²) in [6, 6.07) is 0. The average molecular weight is 366 g/mol. The van der Waals surface area contributed by atoms with Gasteiger partial charge >= 0.3 is 0 Å². The van der Waals surface area contributed by atoms with Gasteiger partial charge in [0.05, 0.1) is 33.4 Å². The second kappa shape index (κ2) is 6.84. The maximum Gasteiger partial charge on any atom is 0.171 e. The summed E-state index contributed by atoms with van der Waals surface area (Å²) in [4.78, 5) is 2.35. The zero-order valence-corrected chi connectivity index (χ0v) is 17.9. The van der Waals surface area contributed by atoms with Crippen molar-refractivity contribution < 1.29 is 14.2 Å². The molecular formula is C20H35NO3Si. The van der Waals surface area contributed by atoms with E-state index in [1.165, 1.54) is 18.0 Å². The van der Waals surface area contributed by atoms with Crippen LogP contribution >= 0.6 is 0 Å². The molecule has 25 heavy (non-hydrogen) atoms. The Morgan fingerprint density at radius 3 is 2.44 bits per heavy atom. The van der Waals surface area contributed by atoms with Crippen LogP contribution in [0.5, 0.6) is 0 Å². The lowest BCUT2D eigenvalue weighted by molar-refractivity contribution is -0.185. The van der Waals surface area contributed by atoms with Crippen molar-refractivity contribution in [1.82, 2.24) is 4.90 Å². The van der Waals surface area contributed by atoms with Crippen molar-refractivity contribution in [2.45, 2.75) is 63.6 Å². The molecule has 0 amide bonds. The Balaban J connectivity index is 1.93. The van der Waals surface area contributed by atoms with Gasteiger partial charge in [0.1, 0.15) is 5.76 Å². The topological polar surface area (TPSA) is 30.9 Å². The minimum atomic E-state index is -1.48. The van der Waals surface area contributed by atoms with Crippen LogP contribution in [0.4, 0.5) is 0 Å². The normalized spacial score (nSPS) is 31.7. The van der Waals surface area contributed by atoms with E-state index in [-0.39, 0.29) is 11.3 Å². The predicted octanol–water partition coefficient (Wildman–Crippen LogP) is 3.96. The summed E-state index contributed by atoms with van der Waals surface area (Å²) in [7, 11) is 2.89. The predicted molar refractivity (Wildman–Crippen MR) is 104 cm³/mol. The number of ether oxygens (including phenoxy) is 3. The van der Waals surface area contributed by atoms with Gasteiger partial charge in [0.15, 0.2) is 5.79 Å². The van der Waals surface area contributed by atoms with Crippen molar-refractivity contribution in [3.8, 4) is 0 Å². The summed E-state index contributed by atoms with van der Waals surface area (Å²) >= 11 is 0. The van der Waals surface area contributed by atoms with Gasteiger partial charge in [0.2, 0.25) is 0 Å². The van der Waals surface area contributed by atoms with Crippen LogP contribution in [0.3, 0.4) is 0 Å². The Bertz CT molecular complexity index is 552. The lowest BCUT2D eigenvalue weighted by atomic mass is 9.84. The second-order valence-corrected chi connectivity index (χ2v) is 14.0. The molecule has 1 aliphatic heterocycles. The lowest BCUT2D eigenvalue weighted by Gasteiger charge is -2.39. The second-order valence-electron chi connectivity index (χ2n) is 8.94. The molecule has 1 heterocycles. The van der Waals surface area contributed by atoms with Crippen LogP contribution in [0, 0.1) is 5.92 Å². The Labute approximate surface area is 154 Å². The van der Waals surface area contributed by atoms with Gasteiger partial charge in [-0.1, -0.05) is 25.7 Å². The number of likely N-dealkylation sites (N-methyl/N-ethyl adjacent to an activating group) is 1. The summed E-state index contributed by atoms with van der Waals surface area (Å²) in [6.45, 7) is 11.5. The first kappa shape index (κ1) is 19.1. The van der Waals surface area contributed by atoms with E-state index in [0.29, 0.717) is 5.92 Å². The first-order valence-corrected chi connectivity index (χ1v) is 13.3. The van der Waals surface area contributed by atoms with Crippen molar-refractivity contribution in [2.75, 3.05) is 33.9 Å². The van der Waals surface area contributed by atoms with Gasteiger partial charge in [-0.05, 0) is 51.6 Å². The molecule has 0 aromatic heterocycles.